The maximum Gasteiger partial charge on any atom is 0.185 e. The van der Waals surface area contributed by atoms with Crippen LogP contribution in [-0.4, -0.2) is 48.1 Å². The zero-order chi connectivity index (χ0) is 13.8. The Morgan fingerprint density at radius 1 is 1.25 bits per heavy atom. The standard InChI is InChI=1S/C14H19N5S/c1-15-13-4-2-3-12(17-13)11-18-6-8-19(9-7-18)14-16-5-10-20-14/h2-5,10H,6-9,11H2,1H3,(H,15,17). The molecule has 6 heteroatoms. The SMILES string of the molecule is CNc1cccc(CN2CCN(c3nccs3)CC2)n1. The van der Waals surface area contributed by atoms with E-state index in [2.05, 4.69) is 37.2 Å². The Morgan fingerprint density at radius 3 is 2.80 bits per heavy atom. The van der Waals surface area contributed by atoms with E-state index >= 15 is 0 Å². The van der Waals surface area contributed by atoms with E-state index in [0.29, 0.717) is 0 Å². The highest BCUT2D eigenvalue weighted by molar-refractivity contribution is 7.13. The van der Waals surface area contributed by atoms with Crippen molar-refractivity contribution in [2.75, 3.05) is 43.4 Å². The fraction of sp³-hybridized carbons (Fsp3) is 0.429. The molecule has 1 aliphatic rings. The van der Waals surface area contributed by atoms with Gasteiger partial charge < -0.3 is 10.2 Å². The fourth-order valence-corrected chi connectivity index (χ4v) is 3.10. The Balaban J connectivity index is 1.55. The second-order valence-electron chi connectivity index (χ2n) is 4.84. The predicted octanol–water partition coefficient (Wildman–Crippen LogP) is 1.90. The molecule has 0 aromatic carbocycles. The van der Waals surface area contributed by atoms with Gasteiger partial charge in [0.2, 0.25) is 0 Å². The minimum Gasteiger partial charge on any atom is -0.373 e. The Morgan fingerprint density at radius 2 is 2.10 bits per heavy atom. The number of hydrogen-bond acceptors (Lipinski definition) is 6. The summed E-state index contributed by atoms with van der Waals surface area (Å²) in [6.45, 7) is 5.12. The molecule has 1 fully saturated rings. The van der Waals surface area contributed by atoms with E-state index in [1.54, 1.807) is 11.3 Å². The summed E-state index contributed by atoms with van der Waals surface area (Å²) in [5, 5.41) is 6.26. The van der Waals surface area contributed by atoms with Crippen molar-refractivity contribution >= 4 is 22.3 Å². The predicted molar refractivity (Wildman–Crippen MR) is 83.4 cm³/mol. The van der Waals surface area contributed by atoms with Gasteiger partial charge in [-0.3, -0.25) is 4.90 Å². The summed E-state index contributed by atoms with van der Waals surface area (Å²) in [6.07, 6.45) is 1.87. The second kappa shape index (κ2) is 6.19. The molecule has 0 spiro atoms. The van der Waals surface area contributed by atoms with Gasteiger partial charge in [0.1, 0.15) is 5.82 Å². The van der Waals surface area contributed by atoms with Gasteiger partial charge in [0.05, 0.1) is 5.69 Å². The molecular weight excluding hydrogens is 270 g/mol. The fourth-order valence-electron chi connectivity index (χ4n) is 2.41. The van der Waals surface area contributed by atoms with Gasteiger partial charge in [0, 0.05) is 51.3 Å². The topological polar surface area (TPSA) is 44.3 Å². The number of piperazine rings is 1. The third-order valence-corrected chi connectivity index (χ3v) is 4.34. The summed E-state index contributed by atoms with van der Waals surface area (Å²) in [5.74, 6) is 0.934. The molecule has 1 N–H and O–H groups in total. The van der Waals surface area contributed by atoms with Gasteiger partial charge in [-0.25, -0.2) is 9.97 Å². The molecule has 0 amide bonds. The summed E-state index contributed by atoms with van der Waals surface area (Å²) in [6, 6.07) is 6.14. The molecule has 0 radical (unpaired) electrons. The Labute approximate surface area is 123 Å². The number of nitrogens with one attached hydrogen (secondary N) is 1. The minimum atomic E-state index is 0.918. The van der Waals surface area contributed by atoms with Gasteiger partial charge >= 0.3 is 0 Å². The molecule has 20 heavy (non-hydrogen) atoms. The monoisotopic (exact) mass is 289 g/mol. The summed E-state index contributed by atoms with van der Waals surface area (Å²) in [5.41, 5.74) is 1.12. The summed E-state index contributed by atoms with van der Waals surface area (Å²) >= 11 is 1.72. The number of thiazole rings is 1. The Bertz CT molecular complexity index is 534. The molecule has 0 atom stereocenters. The molecule has 3 rings (SSSR count). The molecule has 0 bridgehead atoms. The van der Waals surface area contributed by atoms with Gasteiger partial charge in [-0.2, -0.15) is 0 Å². The lowest BCUT2D eigenvalue weighted by Gasteiger charge is -2.34. The molecule has 106 valence electrons. The average Bonchev–Trinajstić information content (AvgIpc) is 3.02. The summed E-state index contributed by atoms with van der Waals surface area (Å²) < 4.78 is 0. The number of pyridine rings is 1. The molecule has 0 unspecified atom stereocenters. The first-order chi connectivity index (χ1) is 9.85. The maximum absolute atomic E-state index is 4.58. The summed E-state index contributed by atoms with van der Waals surface area (Å²) in [7, 11) is 1.90. The van der Waals surface area contributed by atoms with Crippen molar-refractivity contribution in [2.24, 2.45) is 0 Å². The largest absolute Gasteiger partial charge is 0.373 e. The number of anilines is 2. The lowest BCUT2D eigenvalue weighted by molar-refractivity contribution is 0.247. The zero-order valence-corrected chi connectivity index (χ0v) is 12.4. The van der Waals surface area contributed by atoms with E-state index in [-0.39, 0.29) is 0 Å². The van der Waals surface area contributed by atoms with E-state index in [4.69, 9.17) is 0 Å². The van der Waals surface area contributed by atoms with Crippen LogP contribution in [0.15, 0.2) is 29.8 Å². The normalized spacial score (nSPS) is 16.4. The van der Waals surface area contributed by atoms with Crippen LogP contribution < -0.4 is 10.2 Å². The first-order valence-corrected chi connectivity index (χ1v) is 7.73. The molecule has 0 aliphatic carbocycles. The Hall–Kier alpha value is -1.66. The van der Waals surface area contributed by atoms with Gasteiger partial charge in [-0.1, -0.05) is 6.07 Å². The van der Waals surface area contributed by atoms with Crippen LogP contribution in [0.1, 0.15) is 5.69 Å². The van der Waals surface area contributed by atoms with Crippen LogP contribution in [0.4, 0.5) is 10.9 Å². The van der Waals surface area contributed by atoms with Crippen LogP contribution in [0.25, 0.3) is 0 Å². The quantitative estimate of drug-likeness (QED) is 0.931. The third-order valence-electron chi connectivity index (χ3n) is 3.51. The van der Waals surface area contributed by atoms with Crippen molar-refractivity contribution in [1.82, 2.24) is 14.9 Å². The molecule has 5 nitrogen and oxygen atoms in total. The molecular formula is C14H19N5S. The van der Waals surface area contributed by atoms with Crippen molar-refractivity contribution in [3.8, 4) is 0 Å². The van der Waals surface area contributed by atoms with Crippen LogP contribution >= 0.6 is 11.3 Å². The van der Waals surface area contributed by atoms with Crippen molar-refractivity contribution in [1.29, 1.82) is 0 Å². The van der Waals surface area contributed by atoms with Crippen LogP contribution in [0.3, 0.4) is 0 Å². The first-order valence-electron chi connectivity index (χ1n) is 6.85. The zero-order valence-electron chi connectivity index (χ0n) is 11.6. The first kappa shape index (κ1) is 13.3. The molecule has 1 aliphatic heterocycles. The van der Waals surface area contributed by atoms with Gasteiger partial charge in [-0.05, 0) is 12.1 Å². The number of rotatable bonds is 4. The van der Waals surface area contributed by atoms with E-state index < -0.39 is 0 Å². The summed E-state index contributed by atoms with van der Waals surface area (Å²) in [4.78, 5) is 13.8. The smallest absolute Gasteiger partial charge is 0.185 e. The number of nitrogens with zero attached hydrogens (tertiary/aromatic N) is 4. The number of hydrogen-bond donors (Lipinski definition) is 1. The molecule has 0 saturated carbocycles. The van der Waals surface area contributed by atoms with E-state index in [1.165, 1.54) is 0 Å². The molecule has 2 aromatic heterocycles. The average molecular weight is 289 g/mol. The van der Waals surface area contributed by atoms with E-state index in [9.17, 15) is 0 Å². The highest BCUT2D eigenvalue weighted by atomic mass is 32.1. The highest BCUT2D eigenvalue weighted by Gasteiger charge is 2.18. The molecule has 1 saturated heterocycles. The molecule has 3 heterocycles. The Kier molecular flexibility index (Phi) is 4.13. The lowest BCUT2D eigenvalue weighted by atomic mass is 10.2. The van der Waals surface area contributed by atoms with Crippen molar-refractivity contribution in [3.63, 3.8) is 0 Å². The third kappa shape index (κ3) is 3.08. The van der Waals surface area contributed by atoms with E-state index in [0.717, 1.165) is 49.4 Å². The van der Waals surface area contributed by atoms with Crippen LogP contribution in [0, 0.1) is 0 Å². The van der Waals surface area contributed by atoms with E-state index in [1.807, 2.05) is 24.7 Å². The van der Waals surface area contributed by atoms with Gasteiger partial charge in [0.25, 0.3) is 0 Å². The van der Waals surface area contributed by atoms with Gasteiger partial charge in [-0.15, -0.1) is 11.3 Å². The van der Waals surface area contributed by atoms with Crippen LogP contribution in [0.2, 0.25) is 0 Å². The van der Waals surface area contributed by atoms with Crippen LogP contribution in [-0.2, 0) is 6.54 Å². The van der Waals surface area contributed by atoms with Crippen molar-refractivity contribution in [2.45, 2.75) is 6.54 Å². The second-order valence-corrected chi connectivity index (χ2v) is 5.72. The number of aromatic nitrogens is 2. The van der Waals surface area contributed by atoms with Gasteiger partial charge in [0.15, 0.2) is 5.13 Å². The minimum absolute atomic E-state index is 0.918. The van der Waals surface area contributed by atoms with Crippen LogP contribution in [0.5, 0.6) is 0 Å². The van der Waals surface area contributed by atoms with Crippen molar-refractivity contribution < 1.29 is 0 Å². The van der Waals surface area contributed by atoms with Crippen molar-refractivity contribution in [3.05, 3.63) is 35.5 Å². The molecule has 2 aromatic rings. The highest BCUT2D eigenvalue weighted by Crippen LogP contribution is 2.19. The lowest BCUT2D eigenvalue weighted by Crippen LogP contribution is -2.46. The maximum atomic E-state index is 4.58.